The highest BCUT2D eigenvalue weighted by atomic mass is 35.5. The van der Waals surface area contributed by atoms with Gasteiger partial charge in [-0.05, 0) is 73.4 Å². The molecule has 8 nitrogen and oxygen atoms in total. The third kappa shape index (κ3) is 5.10. The standard InChI is InChI=1S/C23H19ClN6O2S/c24-16-3-1-2-15(10-16)21(31)29-23(33)28-17-6-8-18(9-7-17)32-22-19-20(25-12-26-22)30(13-27-19)11-14-4-5-14/h1-3,6-10,12-14H,4-5,11H2,(H2,28,29,31,33). The van der Waals surface area contributed by atoms with E-state index in [0.717, 1.165) is 12.2 Å². The molecular formula is C23H19ClN6O2S. The van der Waals surface area contributed by atoms with Crippen LogP contribution in [0.2, 0.25) is 5.02 Å². The number of carbonyl (C=O) groups is 1. The van der Waals surface area contributed by atoms with Gasteiger partial charge in [0, 0.05) is 22.8 Å². The van der Waals surface area contributed by atoms with E-state index in [1.54, 1.807) is 54.9 Å². The quantitative estimate of drug-likeness (QED) is 0.384. The summed E-state index contributed by atoms with van der Waals surface area (Å²) in [5, 5.41) is 6.26. The summed E-state index contributed by atoms with van der Waals surface area (Å²) in [6, 6.07) is 13.8. The molecule has 0 atom stereocenters. The monoisotopic (exact) mass is 478 g/mol. The first-order valence-electron chi connectivity index (χ1n) is 10.4. The lowest BCUT2D eigenvalue weighted by atomic mass is 10.2. The average molecular weight is 479 g/mol. The summed E-state index contributed by atoms with van der Waals surface area (Å²) < 4.78 is 8.00. The Bertz CT molecular complexity index is 1340. The van der Waals surface area contributed by atoms with Gasteiger partial charge in [-0.2, -0.15) is 4.98 Å². The molecule has 2 aromatic heterocycles. The fourth-order valence-corrected chi connectivity index (χ4v) is 3.73. The van der Waals surface area contributed by atoms with Gasteiger partial charge in [-0.1, -0.05) is 17.7 Å². The maximum Gasteiger partial charge on any atom is 0.257 e. The minimum absolute atomic E-state index is 0.173. The highest BCUT2D eigenvalue weighted by Gasteiger charge is 2.23. The Balaban J connectivity index is 1.22. The number of halogens is 1. The number of imidazole rings is 1. The lowest BCUT2D eigenvalue weighted by Crippen LogP contribution is -2.34. The lowest BCUT2D eigenvalue weighted by molar-refractivity contribution is 0.0977. The third-order valence-electron chi connectivity index (χ3n) is 5.16. The van der Waals surface area contributed by atoms with Gasteiger partial charge >= 0.3 is 0 Å². The number of fused-ring (bicyclic) bond motifs is 1. The molecule has 33 heavy (non-hydrogen) atoms. The molecule has 2 heterocycles. The first kappa shape index (κ1) is 21.3. The fourth-order valence-electron chi connectivity index (χ4n) is 3.33. The number of anilines is 1. The van der Waals surface area contributed by atoms with Gasteiger partial charge in [0.2, 0.25) is 0 Å². The number of ether oxygens (including phenoxy) is 1. The Morgan fingerprint density at radius 1 is 1.15 bits per heavy atom. The van der Waals surface area contributed by atoms with Gasteiger partial charge in [0.15, 0.2) is 16.3 Å². The molecule has 0 radical (unpaired) electrons. The van der Waals surface area contributed by atoms with E-state index in [0.29, 0.717) is 39.3 Å². The number of thiocarbonyl (C=S) groups is 1. The smallest absolute Gasteiger partial charge is 0.257 e. The van der Waals surface area contributed by atoms with Crippen molar-refractivity contribution < 1.29 is 9.53 Å². The van der Waals surface area contributed by atoms with Crippen LogP contribution in [0.25, 0.3) is 11.2 Å². The minimum atomic E-state index is -0.344. The van der Waals surface area contributed by atoms with Crippen molar-refractivity contribution >= 4 is 51.7 Å². The third-order valence-corrected chi connectivity index (χ3v) is 5.60. The number of carbonyl (C=O) groups excluding carboxylic acids is 1. The van der Waals surface area contributed by atoms with Crippen molar-refractivity contribution in [3.63, 3.8) is 0 Å². The summed E-state index contributed by atoms with van der Waals surface area (Å²) >= 11 is 11.2. The molecule has 1 fully saturated rings. The van der Waals surface area contributed by atoms with Crippen LogP contribution >= 0.6 is 23.8 Å². The second-order valence-corrected chi connectivity index (χ2v) is 8.58. The maximum absolute atomic E-state index is 12.3. The van der Waals surface area contributed by atoms with Gasteiger partial charge in [0.25, 0.3) is 11.8 Å². The van der Waals surface area contributed by atoms with Crippen molar-refractivity contribution in [3.8, 4) is 11.6 Å². The van der Waals surface area contributed by atoms with Crippen molar-refractivity contribution in [1.29, 1.82) is 0 Å². The number of nitrogens with zero attached hydrogens (tertiary/aromatic N) is 4. The molecule has 0 aliphatic heterocycles. The molecule has 0 bridgehead atoms. The summed E-state index contributed by atoms with van der Waals surface area (Å²) in [4.78, 5) is 25.3. The molecule has 1 saturated carbocycles. The van der Waals surface area contributed by atoms with Crippen LogP contribution in [0.5, 0.6) is 11.6 Å². The van der Waals surface area contributed by atoms with Gasteiger partial charge in [-0.3, -0.25) is 10.1 Å². The highest BCUT2D eigenvalue weighted by molar-refractivity contribution is 7.80. The van der Waals surface area contributed by atoms with Crippen LogP contribution < -0.4 is 15.4 Å². The molecule has 0 unspecified atom stereocenters. The minimum Gasteiger partial charge on any atom is -0.437 e. The van der Waals surface area contributed by atoms with Gasteiger partial charge in [-0.15, -0.1) is 0 Å². The number of hydrogen-bond donors (Lipinski definition) is 2. The Labute approximate surface area is 200 Å². The van der Waals surface area contributed by atoms with Crippen molar-refractivity contribution in [2.24, 2.45) is 5.92 Å². The zero-order valence-electron chi connectivity index (χ0n) is 17.4. The summed E-state index contributed by atoms with van der Waals surface area (Å²) in [5.41, 5.74) is 2.52. The zero-order chi connectivity index (χ0) is 22.8. The number of rotatable bonds is 6. The van der Waals surface area contributed by atoms with E-state index in [9.17, 15) is 4.79 Å². The van der Waals surface area contributed by atoms with Gasteiger partial charge in [-0.25, -0.2) is 9.97 Å². The Kier molecular flexibility index (Phi) is 5.89. The van der Waals surface area contributed by atoms with Crippen LogP contribution in [0, 0.1) is 5.92 Å². The predicted molar refractivity (Wildman–Crippen MR) is 130 cm³/mol. The van der Waals surface area contributed by atoms with Crippen LogP contribution in [-0.2, 0) is 6.54 Å². The van der Waals surface area contributed by atoms with E-state index in [1.807, 2.05) is 4.57 Å². The largest absolute Gasteiger partial charge is 0.437 e. The molecule has 4 aromatic rings. The molecule has 1 aliphatic carbocycles. The van der Waals surface area contributed by atoms with Crippen molar-refractivity contribution in [2.75, 3.05) is 5.32 Å². The van der Waals surface area contributed by atoms with E-state index in [1.165, 1.54) is 19.2 Å². The normalized spacial score (nSPS) is 13.0. The second-order valence-electron chi connectivity index (χ2n) is 7.74. The summed E-state index contributed by atoms with van der Waals surface area (Å²) in [6.07, 6.45) is 5.78. The van der Waals surface area contributed by atoms with Gasteiger partial charge in [0.05, 0.1) is 6.33 Å². The van der Waals surface area contributed by atoms with E-state index in [2.05, 4.69) is 25.6 Å². The van der Waals surface area contributed by atoms with Crippen LogP contribution in [0.15, 0.2) is 61.2 Å². The summed E-state index contributed by atoms with van der Waals surface area (Å²) in [6.45, 7) is 0.918. The molecular weight excluding hydrogens is 460 g/mol. The van der Waals surface area contributed by atoms with Crippen LogP contribution in [0.4, 0.5) is 5.69 Å². The van der Waals surface area contributed by atoms with E-state index >= 15 is 0 Å². The van der Waals surface area contributed by atoms with Gasteiger partial charge < -0.3 is 14.6 Å². The molecule has 5 rings (SSSR count). The molecule has 2 N–H and O–H groups in total. The van der Waals surface area contributed by atoms with Crippen LogP contribution in [-0.4, -0.2) is 30.5 Å². The first-order valence-corrected chi connectivity index (χ1v) is 11.2. The number of aromatic nitrogens is 4. The van der Waals surface area contributed by atoms with Crippen LogP contribution in [0.1, 0.15) is 23.2 Å². The Hall–Kier alpha value is -3.56. The molecule has 0 spiro atoms. The molecule has 1 aliphatic rings. The summed E-state index contributed by atoms with van der Waals surface area (Å²) in [5.74, 6) is 1.36. The van der Waals surface area contributed by atoms with Gasteiger partial charge in [0.1, 0.15) is 12.1 Å². The topological polar surface area (TPSA) is 94.0 Å². The number of benzene rings is 2. The molecule has 1 amide bonds. The molecule has 166 valence electrons. The van der Waals surface area contributed by atoms with E-state index in [4.69, 9.17) is 28.6 Å². The van der Waals surface area contributed by atoms with Crippen molar-refractivity contribution in [1.82, 2.24) is 24.8 Å². The second kappa shape index (κ2) is 9.13. The first-order chi connectivity index (χ1) is 16.0. The maximum atomic E-state index is 12.3. The predicted octanol–water partition coefficient (Wildman–Crippen LogP) is 4.81. The SMILES string of the molecule is O=C(NC(=S)Nc1ccc(Oc2ncnc3c2ncn3CC2CC2)cc1)c1cccc(Cl)c1. The van der Waals surface area contributed by atoms with Crippen LogP contribution in [0.3, 0.4) is 0 Å². The summed E-state index contributed by atoms with van der Waals surface area (Å²) in [7, 11) is 0. The highest BCUT2D eigenvalue weighted by Crippen LogP contribution is 2.32. The zero-order valence-corrected chi connectivity index (χ0v) is 18.9. The lowest BCUT2D eigenvalue weighted by Gasteiger charge is -2.11. The van der Waals surface area contributed by atoms with E-state index < -0.39 is 0 Å². The molecule has 2 aromatic carbocycles. The molecule has 0 saturated heterocycles. The Morgan fingerprint density at radius 3 is 2.73 bits per heavy atom. The van der Waals surface area contributed by atoms with Crippen molar-refractivity contribution in [3.05, 3.63) is 71.8 Å². The van der Waals surface area contributed by atoms with Crippen molar-refractivity contribution in [2.45, 2.75) is 19.4 Å². The number of nitrogens with one attached hydrogen (secondary N) is 2. The number of amides is 1. The Morgan fingerprint density at radius 2 is 1.97 bits per heavy atom. The fraction of sp³-hybridized carbons (Fsp3) is 0.174. The van der Waals surface area contributed by atoms with E-state index in [-0.39, 0.29) is 11.0 Å². The average Bonchev–Trinajstić information content (AvgIpc) is 3.53. The molecule has 10 heteroatoms. The number of hydrogen-bond acceptors (Lipinski definition) is 6.